The second-order valence-corrected chi connectivity index (χ2v) is 6.29. The molecule has 1 heterocycles. The van der Waals surface area contributed by atoms with Gasteiger partial charge in [0.1, 0.15) is 17.3 Å². The Kier molecular flexibility index (Phi) is 5.06. The fourth-order valence-electron chi connectivity index (χ4n) is 2.72. The van der Waals surface area contributed by atoms with Crippen LogP contribution in [-0.2, 0) is 4.79 Å². The van der Waals surface area contributed by atoms with Crippen molar-refractivity contribution in [2.75, 3.05) is 0 Å². The van der Waals surface area contributed by atoms with Gasteiger partial charge in [-0.05, 0) is 29.3 Å². The zero-order valence-electron chi connectivity index (χ0n) is 13.9. The van der Waals surface area contributed by atoms with Gasteiger partial charge in [0.25, 0.3) is 0 Å². The molecule has 7 heteroatoms. The minimum Gasteiger partial charge on any atom is -0.504 e. The van der Waals surface area contributed by atoms with E-state index in [-0.39, 0.29) is 24.1 Å². The molecule has 1 aromatic heterocycles. The van der Waals surface area contributed by atoms with Crippen molar-refractivity contribution in [2.24, 2.45) is 0 Å². The third-order valence-corrected chi connectivity index (χ3v) is 4.33. The minimum absolute atomic E-state index is 0.0682. The van der Waals surface area contributed by atoms with E-state index in [0.29, 0.717) is 15.9 Å². The Balaban J connectivity index is 2.13. The number of rotatable bonds is 5. The Bertz CT molecular complexity index is 1100. The van der Waals surface area contributed by atoms with E-state index in [0.717, 1.165) is 11.1 Å². The second kappa shape index (κ2) is 7.44. The van der Waals surface area contributed by atoms with E-state index >= 15 is 0 Å². The number of nitrogens with zero attached hydrogens (tertiary/aromatic N) is 2. The van der Waals surface area contributed by atoms with E-state index in [1.54, 1.807) is 30.3 Å². The van der Waals surface area contributed by atoms with Gasteiger partial charge in [0.2, 0.25) is 0 Å². The molecule has 0 aliphatic heterocycles. The summed E-state index contributed by atoms with van der Waals surface area (Å²) in [6.45, 7) is 0. The molecule has 0 spiro atoms. The van der Waals surface area contributed by atoms with Crippen LogP contribution in [0, 0.1) is 11.3 Å². The number of aromatic nitrogens is 1. The first-order valence-electron chi connectivity index (χ1n) is 7.98. The molecule has 0 atom stereocenters. The van der Waals surface area contributed by atoms with Crippen LogP contribution in [0.2, 0.25) is 5.02 Å². The van der Waals surface area contributed by atoms with E-state index in [2.05, 4.69) is 4.98 Å². The highest BCUT2D eigenvalue weighted by Crippen LogP contribution is 2.32. The number of halogens is 1. The minimum atomic E-state index is -1.13. The lowest BCUT2D eigenvalue weighted by molar-refractivity contribution is -0.136. The number of pyridine rings is 1. The summed E-state index contributed by atoms with van der Waals surface area (Å²) in [4.78, 5) is 27.1. The third kappa shape index (κ3) is 3.73. The van der Waals surface area contributed by atoms with Gasteiger partial charge in [0, 0.05) is 16.8 Å². The predicted molar refractivity (Wildman–Crippen MR) is 99.8 cm³/mol. The highest BCUT2D eigenvalue weighted by molar-refractivity contribution is 6.30. The summed E-state index contributed by atoms with van der Waals surface area (Å²) in [5.41, 5.74) is 1.66. The summed E-state index contributed by atoms with van der Waals surface area (Å²) < 4.78 is 0. The maximum Gasteiger partial charge on any atom is 0.303 e. The van der Waals surface area contributed by atoms with E-state index < -0.39 is 17.5 Å². The van der Waals surface area contributed by atoms with Crippen molar-refractivity contribution in [3.63, 3.8) is 0 Å². The molecule has 0 saturated heterocycles. The fraction of sp³-hybridized carbons (Fsp3) is 0.100. The SMILES string of the molecule is N#Cc1c(O)c(C(=O)CCC(=O)O)nc2cc(-c3ccc(Cl)cc3)ccc12. The number of hydrogen-bond donors (Lipinski definition) is 2. The Hall–Kier alpha value is -3.43. The molecule has 0 unspecified atom stereocenters. The van der Waals surface area contributed by atoms with E-state index in [9.17, 15) is 20.0 Å². The van der Waals surface area contributed by atoms with Crippen LogP contribution in [0.4, 0.5) is 0 Å². The molecule has 6 nitrogen and oxygen atoms in total. The van der Waals surface area contributed by atoms with Crippen LogP contribution in [0.5, 0.6) is 5.75 Å². The molecule has 2 N–H and O–H groups in total. The second-order valence-electron chi connectivity index (χ2n) is 5.85. The predicted octanol–water partition coefficient (Wildman–Crippen LogP) is 4.18. The summed E-state index contributed by atoms with van der Waals surface area (Å²) in [7, 11) is 0. The quantitative estimate of drug-likeness (QED) is 0.642. The van der Waals surface area contributed by atoms with Gasteiger partial charge < -0.3 is 10.2 Å². The number of carbonyl (C=O) groups excluding carboxylic acids is 1. The lowest BCUT2D eigenvalue weighted by Crippen LogP contribution is -2.07. The number of carboxylic acids is 1. The highest BCUT2D eigenvalue weighted by atomic mass is 35.5. The van der Waals surface area contributed by atoms with E-state index in [1.807, 2.05) is 18.2 Å². The van der Waals surface area contributed by atoms with Crippen LogP contribution in [0.1, 0.15) is 28.9 Å². The summed E-state index contributed by atoms with van der Waals surface area (Å²) in [6.07, 6.45) is -0.701. The smallest absolute Gasteiger partial charge is 0.303 e. The van der Waals surface area contributed by atoms with Crippen molar-refractivity contribution in [1.82, 2.24) is 4.98 Å². The van der Waals surface area contributed by atoms with Gasteiger partial charge in [-0.25, -0.2) is 4.98 Å². The van der Waals surface area contributed by atoms with Gasteiger partial charge >= 0.3 is 5.97 Å². The van der Waals surface area contributed by atoms with E-state index in [4.69, 9.17) is 16.7 Å². The Morgan fingerprint density at radius 2 is 1.74 bits per heavy atom. The van der Waals surface area contributed by atoms with E-state index in [1.165, 1.54) is 0 Å². The number of ketones is 1. The first-order chi connectivity index (χ1) is 12.9. The summed E-state index contributed by atoms with van der Waals surface area (Å²) in [5, 5.41) is 29.4. The maximum atomic E-state index is 12.3. The zero-order valence-corrected chi connectivity index (χ0v) is 14.7. The van der Waals surface area contributed by atoms with Crippen LogP contribution in [0.25, 0.3) is 22.0 Å². The van der Waals surface area contributed by atoms with Crippen LogP contribution in [-0.4, -0.2) is 26.9 Å². The lowest BCUT2D eigenvalue weighted by Gasteiger charge is -2.10. The van der Waals surface area contributed by atoms with Crippen LogP contribution in [0.15, 0.2) is 42.5 Å². The van der Waals surface area contributed by atoms with Crippen LogP contribution in [0.3, 0.4) is 0 Å². The lowest BCUT2D eigenvalue weighted by atomic mass is 9.99. The number of hydrogen-bond acceptors (Lipinski definition) is 5. The Morgan fingerprint density at radius 3 is 2.37 bits per heavy atom. The average Bonchev–Trinajstić information content (AvgIpc) is 2.66. The topological polar surface area (TPSA) is 111 Å². The third-order valence-electron chi connectivity index (χ3n) is 4.08. The van der Waals surface area contributed by atoms with Crippen molar-refractivity contribution in [3.8, 4) is 22.9 Å². The molecule has 0 fully saturated rings. The number of Topliss-reactive ketones (excluding diaryl/α,β-unsaturated/α-hetero) is 1. The molecule has 0 aliphatic carbocycles. The maximum absolute atomic E-state index is 12.3. The summed E-state index contributed by atoms with van der Waals surface area (Å²) in [6, 6.07) is 14.2. The number of carbonyl (C=O) groups is 2. The Morgan fingerprint density at radius 1 is 1.07 bits per heavy atom. The number of aromatic hydroxyl groups is 1. The number of nitriles is 1. The molecule has 0 aliphatic rings. The average molecular weight is 381 g/mol. The van der Waals surface area contributed by atoms with Gasteiger partial charge in [-0.15, -0.1) is 0 Å². The summed E-state index contributed by atoms with van der Waals surface area (Å²) in [5.74, 6) is -2.29. The van der Waals surface area contributed by atoms with Gasteiger partial charge in [-0.3, -0.25) is 9.59 Å². The molecular weight excluding hydrogens is 368 g/mol. The van der Waals surface area contributed by atoms with Gasteiger partial charge in [0.15, 0.2) is 11.5 Å². The largest absolute Gasteiger partial charge is 0.504 e. The molecule has 0 radical (unpaired) electrons. The molecule has 3 rings (SSSR count). The Labute approximate surface area is 159 Å². The number of fused-ring (bicyclic) bond motifs is 1. The van der Waals surface area contributed by atoms with Crippen molar-refractivity contribution in [2.45, 2.75) is 12.8 Å². The number of carboxylic acid groups (broad SMARTS) is 1. The standard InChI is InChI=1S/C20H13ClN2O4/c21-13-4-1-11(2-5-13)12-3-6-14-15(10-22)20(27)19(23-16(14)9-12)17(24)7-8-18(25)26/h1-6,9,27H,7-8H2,(H,25,26). The first-order valence-corrected chi connectivity index (χ1v) is 8.36. The normalized spacial score (nSPS) is 10.5. The van der Waals surface area contributed by atoms with Crippen molar-refractivity contribution < 1.29 is 19.8 Å². The molecular formula is C20H13ClN2O4. The van der Waals surface area contributed by atoms with Crippen molar-refractivity contribution in [1.29, 1.82) is 5.26 Å². The number of aliphatic carboxylic acids is 1. The highest BCUT2D eigenvalue weighted by Gasteiger charge is 2.20. The molecule has 3 aromatic rings. The molecule has 27 heavy (non-hydrogen) atoms. The van der Waals surface area contributed by atoms with Gasteiger partial charge in [-0.2, -0.15) is 5.26 Å². The van der Waals surface area contributed by atoms with Gasteiger partial charge in [0.05, 0.1) is 11.9 Å². The molecule has 134 valence electrons. The fourth-order valence-corrected chi connectivity index (χ4v) is 2.85. The van der Waals surface area contributed by atoms with Crippen LogP contribution >= 0.6 is 11.6 Å². The van der Waals surface area contributed by atoms with Crippen molar-refractivity contribution >= 4 is 34.3 Å². The number of benzene rings is 2. The molecule has 0 bridgehead atoms. The molecule has 2 aromatic carbocycles. The van der Waals surface area contributed by atoms with Crippen molar-refractivity contribution in [3.05, 3.63) is 58.7 Å². The monoisotopic (exact) mass is 380 g/mol. The zero-order chi connectivity index (χ0) is 19.6. The molecule has 0 saturated carbocycles. The molecule has 0 amide bonds. The summed E-state index contributed by atoms with van der Waals surface area (Å²) >= 11 is 5.90. The van der Waals surface area contributed by atoms with Gasteiger partial charge in [-0.1, -0.05) is 35.9 Å². The first kappa shape index (κ1) is 18.4. The van der Waals surface area contributed by atoms with Crippen LogP contribution < -0.4 is 0 Å².